The van der Waals surface area contributed by atoms with Gasteiger partial charge < -0.3 is 9.29 Å². The third-order valence-corrected chi connectivity index (χ3v) is 4.08. The molecule has 6 nitrogen and oxygen atoms in total. The van der Waals surface area contributed by atoms with E-state index in [1.165, 1.54) is 25.3 Å². The van der Waals surface area contributed by atoms with Crippen LogP contribution in [-0.2, 0) is 30.4 Å². The number of benzene rings is 1. The molecule has 0 saturated heterocycles. The Balaban J connectivity index is 0.00000289. The van der Waals surface area contributed by atoms with E-state index in [4.69, 9.17) is 0 Å². The Morgan fingerprint density at radius 2 is 1.83 bits per heavy atom. The smallest absolute Gasteiger partial charge is 0.748 e. The van der Waals surface area contributed by atoms with Gasteiger partial charge in [0.2, 0.25) is 9.84 Å². The fourth-order valence-electron chi connectivity index (χ4n) is 1.26. The van der Waals surface area contributed by atoms with E-state index < -0.39 is 31.6 Å². The molecule has 0 amide bonds. The minimum absolute atomic E-state index is 0. The standard InChI is InChI=1S/C9H12O6S2.Na/c1-15-7-16(10,11)9-4-2-3-8(5-9)6-17(12,13)14;/h2-5H,6-7H2,1H3,(H,12,13,14);/q;+1/p-1. The summed E-state index contributed by atoms with van der Waals surface area (Å²) in [5.41, 5.74) is 0.136. The maximum Gasteiger partial charge on any atom is 1.00 e. The van der Waals surface area contributed by atoms with Crippen LogP contribution in [0.25, 0.3) is 0 Å². The monoisotopic (exact) mass is 302 g/mol. The Morgan fingerprint density at radius 3 is 2.33 bits per heavy atom. The summed E-state index contributed by atoms with van der Waals surface area (Å²) >= 11 is 0. The van der Waals surface area contributed by atoms with E-state index in [2.05, 4.69) is 4.74 Å². The Hall–Kier alpha value is 0.0400. The maximum absolute atomic E-state index is 11.6. The normalized spacial score (nSPS) is 11.9. The van der Waals surface area contributed by atoms with E-state index in [1.807, 2.05) is 0 Å². The zero-order valence-electron chi connectivity index (χ0n) is 9.99. The van der Waals surface area contributed by atoms with Crippen LogP contribution < -0.4 is 29.6 Å². The average Bonchev–Trinajstić information content (AvgIpc) is 2.15. The summed E-state index contributed by atoms with van der Waals surface area (Å²) in [5.74, 6) is -1.23. The molecule has 0 aliphatic heterocycles. The molecule has 0 unspecified atom stereocenters. The van der Waals surface area contributed by atoms with Gasteiger partial charge in [-0.2, -0.15) is 0 Å². The predicted molar refractivity (Wildman–Crippen MR) is 58.9 cm³/mol. The number of hydrogen-bond acceptors (Lipinski definition) is 6. The number of hydrogen-bond donors (Lipinski definition) is 0. The first-order chi connectivity index (χ1) is 7.74. The molecule has 0 heterocycles. The summed E-state index contributed by atoms with van der Waals surface area (Å²) in [7, 11) is -6.80. The Labute approximate surface area is 128 Å². The van der Waals surface area contributed by atoms with E-state index in [9.17, 15) is 21.4 Å². The van der Waals surface area contributed by atoms with Gasteiger partial charge in [0.15, 0.2) is 5.94 Å². The van der Waals surface area contributed by atoms with Crippen molar-refractivity contribution in [3.8, 4) is 0 Å². The van der Waals surface area contributed by atoms with Gasteiger partial charge in [-0.1, -0.05) is 12.1 Å². The second-order valence-electron chi connectivity index (χ2n) is 3.37. The molecule has 96 valence electrons. The predicted octanol–water partition coefficient (Wildman–Crippen LogP) is -2.89. The minimum Gasteiger partial charge on any atom is -0.748 e. The van der Waals surface area contributed by atoms with Crippen molar-refractivity contribution in [2.75, 3.05) is 13.0 Å². The van der Waals surface area contributed by atoms with Crippen LogP contribution in [0.4, 0.5) is 0 Å². The van der Waals surface area contributed by atoms with Crippen molar-refractivity contribution in [3.63, 3.8) is 0 Å². The first kappa shape index (κ1) is 18.0. The fraction of sp³-hybridized carbons (Fsp3) is 0.333. The zero-order valence-corrected chi connectivity index (χ0v) is 13.6. The molecule has 0 bridgehead atoms. The van der Waals surface area contributed by atoms with Crippen molar-refractivity contribution in [2.45, 2.75) is 10.6 Å². The Kier molecular flexibility index (Phi) is 7.01. The van der Waals surface area contributed by atoms with Gasteiger partial charge in [-0.25, -0.2) is 16.8 Å². The third kappa shape index (κ3) is 5.79. The van der Waals surface area contributed by atoms with Gasteiger partial charge in [0, 0.05) is 7.11 Å². The number of methoxy groups -OCH3 is 1. The summed E-state index contributed by atoms with van der Waals surface area (Å²) in [5, 5.41) is 0. The van der Waals surface area contributed by atoms with Crippen molar-refractivity contribution >= 4 is 20.0 Å². The fourth-order valence-corrected chi connectivity index (χ4v) is 2.91. The van der Waals surface area contributed by atoms with Gasteiger partial charge in [0.25, 0.3) is 0 Å². The minimum atomic E-state index is -4.43. The van der Waals surface area contributed by atoms with Gasteiger partial charge in [0.1, 0.15) is 0 Å². The molecule has 0 radical (unpaired) electrons. The van der Waals surface area contributed by atoms with Crippen molar-refractivity contribution in [1.82, 2.24) is 0 Å². The van der Waals surface area contributed by atoms with Crippen LogP contribution in [0.5, 0.6) is 0 Å². The maximum atomic E-state index is 11.6. The summed E-state index contributed by atoms with van der Waals surface area (Å²) in [6, 6.07) is 5.23. The molecule has 0 aliphatic rings. The van der Waals surface area contributed by atoms with Crippen LogP contribution in [0.15, 0.2) is 29.2 Å². The molecule has 1 aromatic rings. The third-order valence-electron chi connectivity index (χ3n) is 1.87. The van der Waals surface area contributed by atoms with E-state index in [1.54, 1.807) is 0 Å². The topological polar surface area (TPSA) is 101 Å². The molecule has 0 atom stereocenters. The van der Waals surface area contributed by atoms with E-state index in [0.717, 1.165) is 6.07 Å². The van der Waals surface area contributed by atoms with Crippen molar-refractivity contribution in [1.29, 1.82) is 0 Å². The van der Waals surface area contributed by atoms with Gasteiger partial charge >= 0.3 is 29.6 Å². The molecular formula is C9H11NaO6S2. The Morgan fingerprint density at radius 1 is 1.22 bits per heavy atom. The van der Waals surface area contributed by atoms with Gasteiger partial charge in [0.05, 0.1) is 20.8 Å². The number of ether oxygens (including phenoxy) is 1. The molecule has 0 aromatic heterocycles. The van der Waals surface area contributed by atoms with Gasteiger partial charge in [-0.05, 0) is 17.7 Å². The molecule has 0 fully saturated rings. The summed E-state index contributed by atoms with van der Waals surface area (Å²) in [4.78, 5) is -0.0690. The summed E-state index contributed by atoms with van der Waals surface area (Å²) < 4.78 is 59.4. The van der Waals surface area contributed by atoms with Gasteiger partial charge in [-0.3, -0.25) is 0 Å². The van der Waals surface area contributed by atoms with Crippen LogP contribution in [-0.4, -0.2) is 34.4 Å². The Bertz CT molecular complexity index is 593. The summed E-state index contributed by atoms with van der Waals surface area (Å²) in [6.07, 6.45) is 0. The second kappa shape index (κ2) is 6.99. The molecule has 0 saturated carbocycles. The van der Waals surface area contributed by atoms with Crippen LogP contribution >= 0.6 is 0 Å². The molecule has 9 heteroatoms. The van der Waals surface area contributed by atoms with Crippen LogP contribution in [0.3, 0.4) is 0 Å². The number of rotatable bonds is 5. The first-order valence-electron chi connectivity index (χ1n) is 4.49. The van der Waals surface area contributed by atoms with Crippen molar-refractivity contribution in [3.05, 3.63) is 29.8 Å². The summed E-state index contributed by atoms with van der Waals surface area (Å²) in [6.45, 7) is 0. The first-order valence-corrected chi connectivity index (χ1v) is 7.72. The van der Waals surface area contributed by atoms with E-state index in [-0.39, 0.29) is 40.0 Å². The molecule has 1 aromatic carbocycles. The van der Waals surface area contributed by atoms with Crippen molar-refractivity contribution < 1.29 is 55.7 Å². The largest absolute Gasteiger partial charge is 1.00 e. The van der Waals surface area contributed by atoms with E-state index in [0.29, 0.717) is 0 Å². The molecule has 0 spiro atoms. The zero-order chi connectivity index (χ0) is 13.1. The number of sulfone groups is 1. The molecule has 1 rings (SSSR count). The second-order valence-corrected chi connectivity index (χ2v) is 6.71. The van der Waals surface area contributed by atoms with Gasteiger partial charge in [-0.15, -0.1) is 0 Å². The van der Waals surface area contributed by atoms with Crippen molar-refractivity contribution in [2.24, 2.45) is 0 Å². The molecule has 0 aliphatic carbocycles. The molecular weight excluding hydrogens is 291 g/mol. The average molecular weight is 302 g/mol. The van der Waals surface area contributed by atoms with Crippen LogP contribution in [0.2, 0.25) is 0 Å². The van der Waals surface area contributed by atoms with E-state index >= 15 is 0 Å². The van der Waals surface area contributed by atoms with Crippen LogP contribution in [0, 0.1) is 0 Å². The SMILES string of the molecule is COCS(=O)(=O)c1cccc(CS(=O)(=O)[O-])c1.[Na+]. The molecule has 0 N–H and O–H groups in total. The quantitative estimate of drug-likeness (QED) is 0.428. The van der Waals surface area contributed by atoms with Crippen LogP contribution in [0.1, 0.15) is 5.56 Å². The molecule has 18 heavy (non-hydrogen) atoms.